The Labute approximate surface area is 113 Å². The second kappa shape index (κ2) is 5.47. The lowest BCUT2D eigenvalue weighted by Crippen LogP contribution is -2.46. The number of rotatable bonds is 4. The van der Waals surface area contributed by atoms with E-state index in [1.807, 2.05) is 32.9 Å². The van der Waals surface area contributed by atoms with Gasteiger partial charge in [-0.15, -0.1) is 0 Å². The fourth-order valence-electron chi connectivity index (χ4n) is 2.32. The lowest BCUT2D eigenvalue weighted by Gasteiger charge is -2.24. The number of hydrogen-bond donors (Lipinski definition) is 1. The van der Waals surface area contributed by atoms with Crippen molar-refractivity contribution >= 4 is 11.8 Å². The highest BCUT2D eigenvalue weighted by Crippen LogP contribution is 2.22. The normalized spacial score (nSPS) is 19.3. The predicted molar refractivity (Wildman–Crippen MR) is 70.3 cm³/mol. The van der Waals surface area contributed by atoms with Gasteiger partial charge in [-0.3, -0.25) is 9.59 Å². The first kappa shape index (κ1) is 13.6. The maximum absolute atomic E-state index is 12.1. The molecule has 0 radical (unpaired) electrons. The highest BCUT2D eigenvalue weighted by atomic mass is 16.3. The monoisotopic (exact) mass is 264 g/mol. The summed E-state index contributed by atoms with van der Waals surface area (Å²) in [4.78, 5) is 25.6. The topological polar surface area (TPSA) is 62.6 Å². The molecule has 1 aromatic rings. The summed E-state index contributed by atoms with van der Waals surface area (Å²) in [6, 6.07) is 3.41. The Morgan fingerprint density at radius 3 is 2.84 bits per heavy atom. The van der Waals surface area contributed by atoms with Crippen LogP contribution in [0.15, 0.2) is 16.5 Å². The van der Waals surface area contributed by atoms with Crippen molar-refractivity contribution in [2.24, 2.45) is 0 Å². The minimum Gasteiger partial charge on any atom is -0.464 e. The lowest BCUT2D eigenvalue weighted by molar-refractivity contribution is -0.136. The molecule has 0 unspecified atom stereocenters. The molecule has 1 N–H and O–H groups in total. The molecule has 2 rings (SSSR count). The maximum atomic E-state index is 12.1. The van der Waals surface area contributed by atoms with E-state index in [-0.39, 0.29) is 23.9 Å². The van der Waals surface area contributed by atoms with Crippen LogP contribution in [-0.2, 0) is 16.1 Å². The second-order valence-corrected chi connectivity index (χ2v) is 5.25. The van der Waals surface area contributed by atoms with Crippen LogP contribution in [0.1, 0.15) is 38.2 Å². The summed E-state index contributed by atoms with van der Waals surface area (Å²) in [5, 5.41) is 2.86. The van der Waals surface area contributed by atoms with Gasteiger partial charge in [-0.1, -0.05) is 0 Å². The van der Waals surface area contributed by atoms with Crippen LogP contribution in [0.25, 0.3) is 0 Å². The van der Waals surface area contributed by atoms with Gasteiger partial charge in [0.15, 0.2) is 0 Å². The van der Waals surface area contributed by atoms with E-state index in [9.17, 15) is 9.59 Å². The van der Waals surface area contributed by atoms with E-state index in [0.29, 0.717) is 19.4 Å². The Hall–Kier alpha value is -1.78. The van der Waals surface area contributed by atoms with Crippen molar-refractivity contribution in [1.82, 2.24) is 10.2 Å². The molecule has 19 heavy (non-hydrogen) atoms. The van der Waals surface area contributed by atoms with E-state index in [2.05, 4.69) is 5.32 Å². The molecule has 0 aromatic carbocycles. The van der Waals surface area contributed by atoms with Gasteiger partial charge >= 0.3 is 0 Å². The van der Waals surface area contributed by atoms with Crippen molar-refractivity contribution in [2.75, 3.05) is 0 Å². The molecule has 2 amide bonds. The predicted octanol–water partition coefficient (Wildman–Crippen LogP) is 1.60. The van der Waals surface area contributed by atoms with Crippen molar-refractivity contribution in [3.63, 3.8) is 0 Å². The molecule has 0 spiro atoms. The van der Waals surface area contributed by atoms with Gasteiger partial charge in [0.1, 0.15) is 17.6 Å². The van der Waals surface area contributed by atoms with Crippen LogP contribution in [0.3, 0.4) is 0 Å². The van der Waals surface area contributed by atoms with Gasteiger partial charge in [0, 0.05) is 12.5 Å². The highest BCUT2D eigenvalue weighted by Gasteiger charge is 2.36. The maximum Gasteiger partial charge on any atom is 0.243 e. The molecule has 104 valence electrons. The van der Waals surface area contributed by atoms with Crippen molar-refractivity contribution in [2.45, 2.75) is 52.2 Å². The van der Waals surface area contributed by atoms with E-state index in [4.69, 9.17) is 4.42 Å². The third-order valence-corrected chi connectivity index (χ3v) is 3.18. The number of hydrogen-bond acceptors (Lipinski definition) is 3. The summed E-state index contributed by atoms with van der Waals surface area (Å²) in [6.45, 7) is 6.05. The Kier molecular flexibility index (Phi) is 3.93. The Morgan fingerprint density at radius 2 is 2.26 bits per heavy atom. The second-order valence-electron chi connectivity index (χ2n) is 5.25. The molecule has 1 saturated heterocycles. The van der Waals surface area contributed by atoms with Gasteiger partial charge in [0.05, 0.1) is 6.54 Å². The first-order chi connectivity index (χ1) is 8.97. The highest BCUT2D eigenvalue weighted by molar-refractivity contribution is 5.90. The molecule has 1 aromatic heterocycles. The molecule has 0 bridgehead atoms. The van der Waals surface area contributed by atoms with Gasteiger partial charge in [0.2, 0.25) is 11.8 Å². The Bertz CT molecular complexity index is 479. The SMILES string of the molecule is Cc1ccc(CN2C(=O)CC[C@H]2C(=O)NC(C)C)o1. The molecule has 0 aliphatic carbocycles. The molecule has 1 aliphatic rings. The van der Waals surface area contributed by atoms with Crippen molar-refractivity contribution in [3.05, 3.63) is 23.7 Å². The van der Waals surface area contributed by atoms with E-state index in [1.54, 1.807) is 4.90 Å². The number of furan rings is 1. The third kappa shape index (κ3) is 3.16. The molecule has 1 aliphatic heterocycles. The summed E-state index contributed by atoms with van der Waals surface area (Å²) in [5.74, 6) is 1.46. The van der Waals surface area contributed by atoms with Crippen LogP contribution in [-0.4, -0.2) is 28.8 Å². The standard InChI is InChI=1S/C14H20N2O3/c1-9(2)15-14(18)12-6-7-13(17)16(12)8-11-5-4-10(3)19-11/h4-5,9,12H,6-8H2,1-3H3,(H,15,18)/t12-/m0/s1. The Morgan fingerprint density at radius 1 is 1.53 bits per heavy atom. The van der Waals surface area contributed by atoms with Crippen molar-refractivity contribution in [3.8, 4) is 0 Å². The number of carbonyl (C=O) groups is 2. The number of nitrogens with one attached hydrogen (secondary N) is 1. The number of carbonyl (C=O) groups excluding carboxylic acids is 2. The summed E-state index contributed by atoms with van der Waals surface area (Å²) in [5.41, 5.74) is 0. The molecule has 5 nitrogen and oxygen atoms in total. The van der Waals surface area contributed by atoms with Crippen LogP contribution < -0.4 is 5.32 Å². The Balaban J connectivity index is 2.07. The van der Waals surface area contributed by atoms with Gasteiger partial charge in [-0.05, 0) is 39.3 Å². The van der Waals surface area contributed by atoms with Gasteiger partial charge in [-0.25, -0.2) is 0 Å². The average Bonchev–Trinajstić information content (AvgIpc) is 2.87. The number of likely N-dealkylation sites (tertiary alicyclic amines) is 1. The molecular formula is C14H20N2O3. The zero-order valence-corrected chi connectivity index (χ0v) is 11.6. The third-order valence-electron chi connectivity index (χ3n) is 3.18. The average molecular weight is 264 g/mol. The molecule has 2 heterocycles. The first-order valence-corrected chi connectivity index (χ1v) is 6.62. The summed E-state index contributed by atoms with van der Waals surface area (Å²) in [7, 11) is 0. The van der Waals surface area contributed by atoms with Crippen LogP contribution in [0.5, 0.6) is 0 Å². The largest absolute Gasteiger partial charge is 0.464 e. The van der Waals surface area contributed by atoms with Gasteiger partial charge in [-0.2, -0.15) is 0 Å². The minimum absolute atomic E-state index is 0.0120. The number of amides is 2. The van der Waals surface area contributed by atoms with E-state index in [0.717, 1.165) is 11.5 Å². The minimum atomic E-state index is -0.375. The molecule has 0 saturated carbocycles. The number of nitrogens with zero attached hydrogens (tertiary/aromatic N) is 1. The van der Waals surface area contributed by atoms with E-state index < -0.39 is 0 Å². The summed E-state index contributed by atoms with van der Waals surface area (Å²) < 4.78 is 5.48. The quantitative estimate of drug-likeness (QED) is 0.898. The molecule has 1 fully saturated rings. The summed E-state index contributed by atoms with van der Waals surface area (Å²) in [6.07, 6.45) is 1.01. The van der Waals surface area contributed by atoms with Crippen LogP contribution in [0.2, 0.25) is 0 Å². The summed E-state index contributed by atoms with van der Waals surface area (Å²) >= 11 is 0. The molecule has 1 atom stereocenters. The fraction of sp³-hybridized carbons (Fsp3) is 0.571. The zero-order chi connectivity index (χ0) is 14.0. The van der Waals surface area contributed by atoms with Gasteiger partial charge in [0.25, 0.3) is 0 Å². The van der Waals surface area contributed by atoms with Crippen molar-refractivity contribution < 1.29 is 14.0 Å². The van der Waals surface area contributed by atoms with Crippen LogP contribution in [0.4, 0.5) is 0 Å². The lowest BCUT2D eigenvalue weighted by atomic mass is 10.2. The van der Waals surface area contributed by atoms with E-state index >= 15 is 0 Å². The number of aryl methyl sites for hydroxylation is 1. The smallest absolute Gasteiger partial charge is 0.243 e. The van der Waals surface area contributed by atoms with E-state index in [1.165, 1.54) is 0 Å². The molecule has 5 heteroatoms. The van der Waals surface area contributed by atoms with Gasteiger partial charge < -0.3 is 14.6 Å². The van der Waals surface area contributed by atoms with Crippen LogP contribution in [0, 0.1) is 6.92 Å². The molecular weight excluding hydrogens is 244 g/mol. The van der Waals surface area contributed by atoms with Crippen LogP contribution >= 0.6 is 0 Å². The zero-order valence-electron chi connectivity index (χ0n) is 11.6. The van der Waals surface area contributed by atoms with Crippen molar-refractivity contribution in [1.29, 1.82) is 0 Å². The first-order valence-electron chi connectivity index (χ1n) is 6.62. The fourth-order valence-corrected chi connectivity index (χ4v) is 2.32.